The number of anilines is 1. The fourth-order valence-corrected chi connectivity index (χ4v) is 2.70. The molecule has 1 aromatic carbocycles. The van der Waals surface area contributed by atoms with E-state index in [1.807, 2.05) is 23.7 Å². The quantitative estimate of drug-likeness (QED) is 0.853. The SMILES string of the molecule is CCc1c(C)nn(-c2cc3c(cc2N)OCCO3)c1C. The monoisotopic (exact) mass is 273 g/mol. The standard InChI is InChI=1S/C15H19N3O2/c1-4-11-9(2)17-18(10(11)3)13-8-15-14(7-12(13)16)19-5-6-20-15/h7-8H,4-6,16H2,1-3H3. The third kappa shape index (κ3) is 1.90. The van der Waals surface area contributed by atoms with E-state index in [1.165, 1.54) is 5.56 Å². The molecular formula is C15H19N3O2. The third-order valence-electron chi connectivity index (χ3n) is 3.71. The highest BCUT2D eigenvalue weighted by Gasteiger charge is 2.18. The van der Waals surface area contributed by atoms with Crippen LogP contribution in [0.4, 0.5) is 5.69 Å². The van der Waals surface area contributed by atoms with Crippen LogP contribution < -0.4 is 15.2 Å². The van der Waals surface area contributed by atoms with Gasteiger partial charge >= 0.3 is 0 Å². The summed E-state index contributed by atoms with van der Waals surface area (Å²) in [6.45, 7) is 7.35. The van der Waals surface area contributed by atoms with Gasteiger partial charge in [0.2, 0.25) is 0 Å². The average Bonchev–Trinajstić information content (AvgIpc) is 2.72. The van der Waals surface area contributed by atoms with Crippen LogP contribution >= 0.6 is 0 Å². The second-order valence-electron chi connectivity index (χ2n) is 4.97. The van der Waals surface area contributed by atoms with Crippen molar-refractivity contribution in [2.24, 2.45) is 0 Å². The van der Waals surface area contributed by atoms with E-state index in [0.29, 0.717) is 24.7 Å². The van der Waals surface area contributed by atoms with E-state index in [1.54, 1.807) is 0 Å². The van der Waals surface area contributed by atoms with E-state index < -0.39 is 0 Å². The van der Waals surface area contributed by atoms with Crippen molar-refractivity contribution < 1.29 is 9.47 Å². The van der Waals surface area contributed by atoms with Crippen molar-refractivity contribution in [2.45, 2.75) is 27.2 Å². The van der Waals surface area contributed by atoms with Gasteiger partial charge in [0.25, 0.3) is 0 Å². The summed E-state index contributed by atoms with van der Waals surface area (Å²) < 4.78 is 13.1. The molecule has 5 nitrogen and oxygen atoms in total. The Bertz CT molecular complexity index is 662. The maximum absolute atomic E-state index is 6.15. The van der Waals surface area contributed by atoms with E-state index in [0.717, 1.165) is 29.2 Å². The predicted molar refractivity (Wildman–Crippen MR) is 77.8 cm³/mol. The summed E-state index contributed by atoms with van der Waals surface area (Å²) in [5.41, 5.74) is 11.1. The molecule has 1 aliphatic rings. The van der Waals surface area contributed by atoms with Crippen LogP contribution in [0.2, 0.25) is 0 Å². The molecule has 5 heteroatoms. The average molecular weight is 273 g/mol. The minimum absolute atomic E-state index is 0.561. The van der Waals surface area contributed by atoms with Crippen molar-refractivity contribution in [1.29, 1.82) is 0 Å². The van der Waals surface area contributed by atoms with Gasteiger partial charge in [0.05, 0.1) is 17.1 Å². The first-order valence-corrected chi connectivity index (χ1v) is 6.86. The molecule has 2 aromatic rings. The lowest BCUT2D eigenvalue weighted by Gasteiger charge is -2.20. The van der Waals surface area contributed by atoms with Gasteiger partial charge in [-0.15, -0.1) is 0 Å². The second kappa shape index (κ2) is 4.74. The molecule has 0 saturated carbocycles. The zero-order chi connectivity index (χ0) is 14.3. The van der Waals surface area contributed by atoms with Crippen LogP contribution in [0.25, 0.3) is 5.69 Å². The number of fused-ring (bicyclic) bond motifs is 1. The van der Waals surface area contributed by atoms with Crippen LogP contribution in [0, 0.1) is 13.8 Å². The summed E-state index contributed by atoms with van der Waals surface area (Å²) in [7, 11) is 0. The summed E-state index contributed by atoms with van der Waals surface area (Å²) in [6.07, 6.45) is 0.960. The highest BCUT2D eigenvalue weighted by molar-refractivity contribution is 5.66. The summed E-state index contributed by atoms with van der Waals surface area (Å²) >= 11 is 0. The van der Waals surface area contributed by atoms with Gasteiger partial charge in [0.15, 0.2) is 11.5 Å². The van der Waals surface area contributed by atoms with E-state index in [9.17, 15) is 0 Å². The van der Waals surface area contributed by atoms with Crippen LogP contribution in [0.1, 0.15) is 23.9 Å². The van der Waals surface area contributed by atoms with Crippen LogP contribution in [0.3, 0.4) is 0 Å². The number of hydrogen-bond donors (Lipinski definition) is 1. The maximum atomic E-state index is 6.15. The number of rotatable bonds is 2. The molecule has 2 heterocycles. The summed E-state index contributed by atoms with van der Waals surface area (Å²) in [4.78, 5) is 0. The first-order valence-electron chi connectivity index (χ1n) is 6.86. The molecule has 0 aliphatic carbocycles. The van der Waals surface area contributed by atoms with E-state index in [2.05, 4.69) is 18.9 Å². The lowest BCUT2D eigenvalue weighted by Crippen LogP contribution is -2.16. The number of aromatic nitrogens is 2. The molecule has 106 valence electrons. The zero-order valence-corrected chi connectivity index (χ0v) is 12.1. The number of ether oxygens (including phenoxy) is 2. The predicted octanol–water partition coefficient (Wildman–Crippen LogP) is 2.40. The Kier molecular flexibility index (Phi) is 3.04. The Morgan fingerprint density at radius 2 is 1.85 bits per heavy atom. The molecule has 0 atom stereocenters. The van der Waals surface area contributed by atoms with Gasteiger partial charge in [0.1, 0.15) is 13.2 Å². The lowest BCUT2D eigenvalue weighted by atomic mass is 10.1. The topological polar surface area (TPSA) is 62.3 Å². The fraction of sp³-hybridized carbons (Fsp3) is 0.400. The number of nitrogens with two attached hydrogens (primary N) is 1. The highest BCUT2D eigenvalue weighted by atomic mass is 16.6. The van der Waals surface area contributed by atoms with Crippen molar-refractivity contribution in [2.75, 3.05) is 18.9 Å². The van der Waals surface area contributed by atoms with Crippen LogP contribution in [0.15, 0.2) is 12.1 Å². The van der Waals surface area contributed by atoms with Crippen molar-refractivity contribution >= 4 is 5.69 Å². The molecule has 2 N–H and O–H groups in total. The molecule has 20 heavy (non-hydrogen) atoms. The molecule has 0 saturated heterocycles. The maximum Gasteiger partial charge on any atom is 0.163 e. The van der Waals surface area contributed by atoms with Gasteiger partial charge < -0.3 is 15.2 Å². The molecule has 0 unspecified atom stereocenters. The van der Waals surface area contributed by atoms with E-state index >= 15 is 0 Å². The Labute approximate surface area is 118 Å². The van der Waals surface area contributed by atoms with Crippen molar-refractivity contribution in [3.8, 4) is 17.2 Å². The minimum Gasteiger partial charge on any atom is -0.486 e. The molecule has 0 amide bonds. The number of benzene rings is 1. The van der Waals surface area contributed by atoms with Crippen LogP contribution in [-0.2, 0) is 6.42 Å². The van der Waals surface area contributed by atoms with Crippen LogP contribution in [-0.4, -0.2) is 23.0 Å². The second-order valence-corrected chi connectivity index (χ2v) is 4.97. The number of hydrogen-bond acceptors (Lipinski definition) is 4. The molecule has 0 radical (unpaired) electrons. The first kappa shape index (κ1) is 12.8. The Morgan fingerprint density at radius 1 is 1.20 bits per heavy atom. The normalized spacial score (nSPS) is 13.6. The Hall–Kier alpha value is -2.17. The summed E-state index contributed by atoms with van der Waals surface area (Å²) in [5, 5.41) is 4.60. The molecule has 0 fully saturated rings. The van der Waals surface area contributed by atoms with Crippen molar-refractivity contribution in [1.82, 2.24) is 9.78 Å². The van der Waals surface area contributed by atoms with E-state index in [4.69, 9.17) is 15.2 Å². The third-order valence-corrected chi connectivity index (χ3v) is 3.71. The first-order chi connectivity index (χ1) is 9.61. The molecule has 3 rings (SSSR count). The molecule has 0 spiro atoms. The Morgan fingerprint density at radius 3 is 2.45 bits per heavy atom. The van der Waals surface area contributed by atoms with Crippen LogP contribution in [0.5, 0.6) is 11.5 Å². The zero-order valence-electron chi connectivity index (χ0n) is 12.1. The van der Waals surface area contributed by atoms with Gasteiger partial charge in [0, 0.05) is 17.8 Å². The summed E-state index contributed by atoms with van der Waals surface area (Å²) in [6, 6.07) is 3.72. The van der Waals surface area contributed by atoms with Crippen molar-refractivity contribution in [3.63, 3.8) is 0 Å². The highest BCUT2D eigenvalue weighted by Crippen LogP contribution is 2.36. The molecule has 1 aliphatic heterocycles. The smallest absolute Gasteiger partial charge is 0.163 e. The largest absolute Gasteiger partial charge is 0.486 e. The van der Waals surface area contributed by atoms with Gasteiger partial charge in [-0.2, -0.15) is 5.10 Å². The molecular weight excluding hydrogens is 254 g/mol. The van der Waals surface area contributed by atoms with E-state index in [-0.39, 0.29) is 0 Å². The molecule has 1 aromatic heterocycles. The van der Waals surface area contributed by atoms with Gasteiger partial charge in [-0.3, -0.25) is 0 Å². The number of aryl methyl sites for hydroxylation is 1. The fourth-order valence-electron chi connectivity index (χ4n) is 2.70. The molecule has 0 bridgehead atoms. The van der Waals surface area contributed by atoms with Crippen molar-refractivity contribution in [3.05, 3.63) is 29.1 Å². The van der Waals surface area contributed by atoms with Gasteiger partial charge in [-0.25, -0.2) is 4.68 Å². The number of nitrogens with zero attached hydrogens (tertiary/aromatic N) is 2. The minimum atomic E-state index is 0.561. The Balaban J connectivity index is 2.15. The summed E-state index contributed by atoms with van der Waals surface area (Å²) in [5.74, 6) is 1.43. The van der Waals surface area contributed by atoms with Gasteiger partial charge in [-0.1, -0.05) is 6.92 Å². The number of nitrogen functional groups attached to an aromatic ring is 1. The lowest BCUT2D eigenvalue weighted by molar-refractivity contribution is 0.171. The van der Waals surface area contributed by atoms with Gasteiger partial charge in [-0.05, 0) is 25.8 Å².